The molecule has 1 heterocycles. The van der Waals surface area contributed by atoms with Crippen molar-refractivity contribution in [3.05, 3.63) is 0 Å². The van der Waals surface area contributed by atoms with Crippen molar-refractivity contribution < 1.29 is 62.0 Å². The Labute approximate surface area is 559 Å². The molecule has 0 radical (unpaired) electrons. The predicted molar refractivity (Wildman–Crippen MR) is 365 cm³/mol. The number of amides is 11. The highest BCUT2D eigenvalue weighted by molar-refractivity contribution is 6.74. The molecule has 0 aliphatic carbocycles. The number of likely N-dealkylation sites (N-methyl/N-ethyl adjacent to an activating group) is 7. The normalized spacial score (nSPS) is 26.7. The molecule has 1 aliphatic heterocycles. The second-order valence-corrected chi connectivity index (χ2v) is 34.9. The zero-order valence-electron chi connectivity index (χ0n) is 62.4. The van der Waals surface area contributed by atoms with Crippen LogP contribution >= 0.6 is 0 Å². The Bertz CT molecular complexity index is 2570. The molecule has 1 fully saturated rings. The van der Waals surface area contributed by atoms with E-state index in [4.69, 9.17) is 4.43 Å². The van der Waals surface area contributed by atoms with Gasteiger partial charge < -0.3 is 64.8 Å². The quantitative estimate of drug-likeness (QED) is 0.0948. The van der Waals surface area contributed by atoms with E-state index in [2.05, 4.69) is 21.3 Å². The van der Waals surface area contributed by atoms with Crippen molar-refractivity contribution in [1.29, 1.82) is 0 Å². The van der Waals surface area contributed by atoms with Crippen LogP contribution in [0.2, 0.25) is 18.1 Å². The molecule has 0 bridgehead atoms. The number of rotatable bonds is 18. The van der Waals surface area contributed by atoms with Crippen LogP contribution in [0.4, 0.5) is 0 Å². The van der Waals surface area contributed by atoms with Gasteiger partial charge in [0.25, 0.3) is 0 Å². The Balaban J connectivity index is 4.62. The van der Waals surface area contributed by atoms with Crippen LogP contribution in [0.15, 0.2) is 0 Å². The second kappa shape index (κ2) is 36.8. The van der Waals surface area contributed by atoms with Gasteiger partial charge in [0.1, 0.15) is 72.7 Å². The third kappa shape index (κ3) is 22.8. The molecule has 0 aromatic carbocycles. The van der Waals surface area contributed by atoms with Crippen LogP contribution in [-0.4, -0.2) is 236 Å². The van der Waals surface area contributed by atoms with E-state index in [9.17, 15) is 33.6 Å². The lowest BCUT2D eigenvalue weighted by Crippen LogP contribution is -2.65. The number of hydrogen-bond donors (Lipinski definition) is 4. The molecule has 13 atom stereocenters. The SMILES string of the molecule is CC[C@@H]1C(=O)N(C)[C@@H](CC(C)C)C(=O)N[C@H](C(C)C)C(=O)N(C)[C@H](CC(C)C)C(=O)N[C@H](C)C(=O)N[C@@H](C)C(=O)N(C)[C@H](CC(C)C)C(=O)N(C)[C@H](CC(C)C)C(=O)N(C)C(C(C)C)C(=O)N(C)[C@H]([C@@H](O[Si](C)(C)C(C)(C)C)[C@H](C)CC=O)C(=O)N[C@H](CC)C(=O)N1C. The van der Waals surface area contributed by atoms with E-state index in [0.29, 0.717) is 6.29 Å². The van der Waals surface area contributed by atoms with Gasteiger partial charge in [-0.2, -0.15) is 0 Å². The molecule has 1 rings (SSSR count). The summed E-state index contributed by atoms with van der Waals surface area (Å²) in [5, 5.41) is 10.8. The van der Waals surface area contributed by atoms with Crippen LogP contribution in [0.1, 0.15) is 183 Å². The topological polar surface area (TPSA) is 285 Å². The highest BCUT2D eigenvalue weighted by Crippen LogP contribution is 2.40. The molecular weight excluding hydrogens is 1210 g/mol. The van der Waals surface area contributed by atoms with Gasteiger partial charge in [-0.15, -0.1) is 0 Å². The fraction of sp³-hybridized carbons (Fsp3) is 0.824. The first-order chi connectivity index (χ1) is 42.6. The van der Waals surface area contributed by atoms with Crippen molar-refractivity contribution in [2.24, 2.45) is 41.4 Å². The molecule has 24 nitrogen and oxygen atoms in total. The molecule has 0 aromatic heterocycles. The molecule has 93 heavy (non-hydrogen) atoms. The van der Waals surface area contributed by atoms with Gasteiger partial charge in [0.2, 0.25) is 65.0 Å². The molecule has 1 saturated heterocycles. The largest absolute Gasteiger partial charge is 0.411 e. The molecule has 25 heteroatoms. The van der Waals surface area contributed by atoms with Crippen LogP contribution in [0.5, 0.6) is 0 Å². The molecule has 0 spiro atoms. The van der Waals surface area contributed by atoms with Crippen molar-refractivity contribution in [2.75, 3.05) is 49.3 Å². The van der Waals surface area contributed by atoms with Gasteiger partial charge >= 0.3 is 0 Å². The number of nitrogens with one attached hydrogen (secondary N) is 4. The highest BCUT2D eigenvalue weighted by Gasteiger charge is 2.50. The van der Waals surface area contributed by atoms with Crippen molar-refractivity contribution >= 4 is 79.6 Å². The average Bonchev–Trinajstić information content (AvgIpc) is 0.797. The van der Waals surface area contributed by atoms with Crippen molar-refractivity contribution in [1.82, 2.24) is 55.6 Å². The van der Waals surface area contributed by atoms with Gasteiger partial charge in [-0.05, 0) is 112 Å². The molecule has 534 valence electrons. The molecule has 11 amide bonds. The number of carbonyl (C=O) groups excluding carboxylic acids is 12. The maximum Gasteiger partial charge on any atom is 0.246 e. The average molecular weight is 1330 g/mol. The number of hydrogen-bond acceptors (Lipinski definition) is 13. The van der Waals surface area contributed by atoms with Crippen LogP contribution in [-0.2, 0) is 62.0 Å². The van der Waals surface area contributed by atoms with Gasteiger partial charge in [0.15, 0.2) is 8.32 Å². The maximum absolute atomic E-state index is 15.7. The van der Waals surface area contributed by atoms with E-state index in [0.717, 1.165) is 0 Å². The number of carbonyl (C=O) groups is 12. The fourth-order valence-corrected chi connectivity index (χ4v) is 13.1. The smallest absolute Gasteiger partial charge is 0.246 e. The first-order valence-electron chi connectivity index (χ1n) is 33.8. The molecule has 0 aromatic rings. The Morgan fingerprint density at radius 1 is 0.430 bits per heavy atom. The lowest BCUT2D eigenvalue weighted by Gasteiger charge is -2.46. The lowest BCUT2D eigenvalue weighted by atomic mass is 9.91. The van der Waals surface area contributed by atoms with Gasteiger partial charge in [-0.3, -0.25) is 52.7 Å². The summed E-state index contributed by atoms with van der Waals surface area (Å²) in [6, 6.07) is -13.6. The molecule has 4 N–H and O–H groups in total. The van der Waals surface area contributed by atoms with Gasteiger partial charge in [-0.1, -0.05) is 125 Å². The third-order valence-electron chi connectivity index (χ3n) is 18.7. The molecule has 1 aliphatic rings. The van der Waals surface area contributed by atoms with Crippen LogP contribution < -0.4 is 21.3 Å². The molecular formula is C68H125N11O13Si. The standard InChI is InChI=1S/C68H125N11O13Si/c1-30-47-62(86)73(21)48(31-2)63(87)74(22)50(35-39(5)6)59(83)72-53(42(11)12)66(90)75(23)49(34-38(3)4)58(82)69-45(16)57(81)70-46(17)61(85)76(24)51(36-40(7)8)64(88)77(25)52(37-41(9)10)65(89)78(26)54(43(13)14)67(91)79(27)55(60(84)71-47)56(44(15)32-33-80)92-93(28,29)68(18,19)20/h33,38-56H,30-32,34-37H2,1-29H3,(H,69,82)(H,70,81)(H,71,84)(H,72,83)/t44-,45-,46+,47-,48-,49-,50+,51-,52-,53-,54?,55-,56+/m1/s1. The van der Waals surface area contributed by atoms with E-state index in [1.165, 1.54) is 97.5 Å². The van der Waals surface area contributed by atoms with E-state index >= 15 is 24.0 Å². The summed E-state index contributed by atoms with van der Waals surface area (Å²) in [7, 11) is 7.25. The predicted octanol–water partition coefficient (Wildman–Crippen LogP) is 5.70. The summed E-state index contributed by atoms with van der Waals surface area (Å²) in [4.78, 5) is 186. The van der Waals surface area contributed by atoms with E-state index in [1.807, 2.05) is 89.3 Å². The second-order valence-electron chi connectivity index (χ2n) is 30.2. The summed E-state index contributed by atoms with van der Waals surface area (Å²) in [5.41, 5.74) is 0. The maximum atomic E-state index is 15.7. The van der Waals surface area contributed by atoms with Crippen molar-refractivity contribution in [3.63, 3.8) is 0 Å². The minimum atomic E-state index is -2.90. The molecule has 1 unspecified atom stereocenters. The Morgan fingerprint density at radius 2 is 0.806 bits per heavy atom. The van der Waals surface area contributed by atoms with E-state index in [-0.39, 0.29) is 68.6 Å². The summed E-state index contributed by atoms with van der Waals surface area (Å²) in [5.74, 6) is -9.73. The fourth-order valence-electron chi connectivity index (χ4n) is 11.7. The van der Waals surface area contributed by atoms with Crippen LogP contribution in [0, 0.1) is 41.4 Å². The summed E-state index contributed by atoms with van der Waals surface area (Å²) < 4.78 is 7.12. The zero-order chi connectivity index (χ0) is 72.6. The first-order valence-corrected chi connectivity index (χ1v) is 36.7. The third-order valence-corrected chi connectivity index (χ3v) is 23.2. The Kier molecular flexibility index (Phi) is 33.6. The van der Waals surface area contributed by atoms with Crippen molar-refractivity contribution in [3.8, 4) is 0 Å². The summed E-state index contributed by atoms with van der Waals surface area (Å²) >= 11 is 0. The van der Waals surface area contributed by atoms with E-state index in [1.54, 1.807) is 48.5 Å². The minimum absolute atomic E-state index is 0.0128. The lowest BCUT2D eigenvalue weighted by molar-refractivity contribution is -0.157. The van der Waals surface area contributed by atoms with E-state index < -0.39 is 169 Å². The van der Waals surface area contributed by atoms with Crippen LogP contribution in [0.3, 0.4) is 0 Å². The monoisotopic (exact) mass is 1330 g/mol. The zero-order valence-corrected chi connectivity index (χ0v) is 63.4. The first kappa shape index (κ1) is 85.0. The van der Waals surface area contributed by atoms with Gasteiger partial charge in [0.05, 0.1) is 6.10 Å². The Hall–Kier alpha value is -5.98. The van der Waals surface area contributed by atoms with Crippen molar-refractivity contribution in [2.45, 2.75) is 274 Å². The Morgan fingerprint density at radius 3 is 1.22 bits per heavy atom. The van der Waals surface area contributed by atoms with Gasteiger partial charge in [0, 0.05) is 55.8 Å². The summed E-state index contributed by atoms with van der Waals surface area (Å²) in [6.45, 7) is 40.0. The molecule has 0 saturated carbocycles. The minimum Gasteiger partial charge on any atom is -0.411 e. The highest BCUT2D eigenvalue weighted by atomic mass is 28.4. The van der Waals surface area contributed by atoms with Crippen LogP contribution in [0.25, 0.3) is 0 Å². The number of nitrogens with zero attached hydrogens (tertiary/aromatic N) is 7. The number of aldehydes is 1. The summed E-state index contributed by atoms with van der Waals surface area (Å²) in [6.07, 6.45) is 0.154. The van der Waals surface area contributed by atoms with Gasteiger partial charge in [-0.25, -0.2) is 0 Å².